The highest BCUT2D eigenvalue weighted by Gasteiger charge is 2.20. The van der Waals surface area contributed by atoms with Crippen LogP contribution in [0.5, 0.6) is 5.75 Å². The monoisotopic (exact) mass is 403 g/mol. The molecule has 0 saturated carbocycles. The number of rotatable bonds is 7. The second-order valence-corrected chi connectivity index (χ2v) is 7.27. The van der Waals surface area contributed by atoms with Crippen molar-refractivity contribution >= 4 is 35.0 Å². The molecule has 1 atom stereocenters. The van der Waals surface area contributed by atoms with Crippen LogP contribution in [0.15, 0.2) is 53.7 Å². The van der Waals surface area contributed by atoms with Crippen molar-refractivity contribution in [2.24, 2.45) is 0 Å². The number of hydrogen-bond acceptors (Lipinski definition) is 6. The summed E-state index contributed by atoms with van der Waals surface area (Å²) in [6.45, 7) is 4.24. The summed E-state index contributed by atoms with van der Waals surface area (Å²) in [6, 6.07) is 14.4. The fourth-order valence-electron chi connectivity index (χ4n) is 2.30. The summed E-state index contributed by atoms with van der Waals surface area (Å²) < 4.78 is 7.21. The van der Waals surface area contributed by atoms with Crippen molar-refractivity contribution < 1.29 is 9.53 Å². The Morgan fingerprint density at radius 2 is 2.00 bits per heavy atom. The molecule has 0 unspecified atom stereocenters. The Balaban J connectivity index is 1.74. The summed E-state index contributed by atoms with van der Waals surface area (Å²) in [4.78, 5) is 12.5. The highest BCUT2D eigenvalue weighted by Crippen LogP contribution is 2.28. The molecular formula is C18H18ClN5O2S. The molecule has 27 heavy (non-hydrogen) atoms. The van der Waals surface area contributed by atoms with Gasteiger partial charge in [-0.15, -0.1) is 5.10 Å². The summed E-state index contributed by atoms with van der Waals surface area (Å²) in [5.74, 6) is 0.516. The van der Waals surface area contributed by atoms with Crippen LogP contribution in [0.2, 0.25) is 5.02 Å². The molecule has 0 bridgehead atoms. The van der Waals surface area contributed by atoms with Crippen LogP contribution in [0.4, 0.5) is 5.69 Å². The number of aromatic nitrogens is 4. The standard InChI is InChI=1S/C18H18ClN5O2S/c1-3-26-16-7-5-4-6-15(16)24-18(21-22-23-24)27-12(2)17(25)20-14-10-8-13(19)9-11-14/h4-12H,3H2,1-2H3,(H,20,25)/t12-/m0/s1. The van der Waals surface area contributed by atoms with E-state index in [0.717, 1.165) is 5.69 Å². The summed E-state index contributed by atoms with van der Waals surface area (Å²) in [5.41, 5.74) is 1.40. The largest absolute Gasteiger partial charge is 0.492 e. The highest BCUT2D eigenvalue weighted by atomic mass is 35.5. The average molecular weight is 404 g/mol. The molecule has 0 spiro atoms. The van der Waals surface area contributed by atoms with Gasteiger partial charge in [-0.2, -0.15) is 4.68 Å². The van der Waals surface area contributed by atoms with E-state index in [1.165, 1.54) is 11.8 Å². The summed E-state index contributed by atoms with van der Waals surface area (Å²) in [7, 11) is 0. The second-order valence-electron chi connectivity index (χ2n) is 5.53. The number of para-hydroxylation sites is 2. The SMILES string of the molecule is CCOc1ccccc1-n1nnnc1S[C@@H](C)C(=O)Nc1ccc(Cl)cc1. The van der Waals surface area contributed by atoms with Gasteiger partial charge >= 0.3 is 0 Å². The van der Waals surface area contributed by atoms with Gasteiger partial charge in [0, 0.05) is 10.7 Å². The number of amides is 1. The smallest absolute Gasteiger partial charge is 0.237 e. The number of carbonyl (C=O) groups excluding carboxylic acids is 1. The Hall–Kier alpha value is -2.58. The van der Waals surface area contributed by atoms with Crippen LogP contribution >= 0.6 is 23.4 Å². The van der Waals surface area contributed by atoms with E-state index in [1.54, 1.807) is 35.9 Å². The number of ether oxygens (including phenoxy) is 1. The molecule has 0 radical (unpaired) electrons. The first-order valence-electron chi connectivity index (χ1n) is 8.32. The van der Waals surface area contributed by atoms with Crippen molar-refractivity contribution in [3.8, 4) is 11.4 Å². The maximum Gasteiger partial charge on any atom is 0.237 e. The van der Waals surface area contributed by atoms with Gasteiger partial charge in [-0.05, 0) is 60.7 Å². The molecule has 0 saturated heterocycles. The molecule has 0 aliphatic rings. The van der Waals surface area contributed by atoms with Crippen LogP contribution in [-0.4, -0.2) is 38.0 Å². The molecule has 1 N–H and O–H groups in total. The maximum absolute atomic E-state index is 12.5. The Kier molecular flexibility index (Phi) is 6.31. The predicted molar refractivity (Wildman–Crippen MR) is 106 cm³/mol. The molecule has 3 aromatic rings. The zero-order valence-electron chi connectivity index (χ0n) is 14.8. The number of thioether (sulfide) groups is 1. The minimum atomic E-state index is -0.412. The lowest BCUT2D eigenvalue weighted by atomic mass is 10.3. The van der Waals surface area contributed by atoms with Gasteiger partial charge in [0.05, 0.1) is 11.9 Å². The van der Waals surface area contributed by atoms with E-state index in [9.17, 15) is 4.79 Å². The normalized spacial score (nSPS) is 11.8. The van der Waals surface area contributed by atoms with Crippen molar-refractivity contribution in [3.05, 3.63) is 53.6 Å². The first-order chi connectivity index (χ1) is 13.1. The van der Waals surface area contributed by atoms with Gasteiger partial charge in [-0.3, -0.25) is 4.79 Å². The molecule has 140 valence electrons. The Bertz CT molecular complexity index is 916. The minimum Gasteiger partial charge on any atom is -0.492 e. The molecule has 7 nitrogen and oxygen atoms in total. The molecule has 0 aliphatic heterocycles. The first-order valence-corrected chi connectivity index (χ1v) is 9.58. The van der Waals surface area contributed by atoms with Crippen molar-refractivity contribution in [2.75, 3.05) is 11.9 Å². The molecular weight excluding hydrogens is 386 g/mol. The van der Waals surface area contributed by atoms with Crippen LogP contribution in [0, 0.1) is 0 Å². The van der Waals surface area contributed by atoms with Crippen LogP contribution in [0.1, 0.15) is 13.8 Å². The number of carbonyl (C=O) groups is 1. The van der Waals surface area contributed by atoms with Crippen molar-refractivity contribution in [2.45, 2.75) is 24.3 Å². The van der Waals surface area contributed by atoms with Crippen molar-refractivity contribution in [1.29, 1.82) is 0 Å². The minimum absolute atomic E-state index is 0.157. The van der Waals surface area contributed by atoms with Crippen LogP contribution in [0.3, 0.4) is 0 Å². The van der Waals surface area contributed by atoms with Gasteiger partial charge in [-0.1, -0.05) is 35.5 Å². The summed E-state index contributed by atoms with van der Waals surface area (Å²) in [5, 5.41) is 15.4. The van der Waals surface area contributed by atoms with Crippen LogP contribution < -0.4 is 10.1 Å². The molecule has 2 aromatic carbocycles. The molecule has 1 amide bonds. The molecule has 3 rings (SSSR count). The number of hydrogen-bond donors (Lipinski definition) is 1. The van der Waals surface area contributed by atoms with E-state index in [2.05, 4.69) is 20.8 Å². The van der Waals surface area contributed by atoms with Crippen molar-refractivity contribution in [1.82, 2.24) is 20.2 Å². The van der Waals surface area contributed by atoms with Gasteiger partial charge in [0.15, 0.2) is 0 Å². The second kappa shape index (κ2) is 8.88. The first kappa shape index (κ1) is 19.2. The number of benzene rings is 2. The van der Waals surface area contributed by atoms with Gasteiger partial charge in [0.1, 0.15) is 11.4 Å². The quantitative estimate of drug-likeness (QED) is 0.603. The Morgan fingerprint density at radius 3 is 2.74 bits per heavy atom. The lowest BCUT2D eigenvalue weighted by Crippen LogP contribution is -2.22. The average Bonchev–Trinajstić information content (AvgIpc) is 3.12. The Morgan fingerprint density at radius 1 is 1.26 bits per heavy atom. The number of anilines is 1. The molecule has 1 heterocycles. The molecule has 1 aromatic heterocycles. The number of nitrogens with one attached hydrogen (secondary N) is 1. The summed E-state index contributed by atoms with van der Waals surface area (Å²) >= 11 is 7.13. The predicted octanol–water partition coefficient (Wildman–Crippen LogP) is 3.83. The van der Waals surface area contributed by atoms with E-state index in [4.69, 9.17) is 16.3 Å². The Labute approximate surface area is 166 Å². The zero-order valence-corrected chi connectivity index (χ0v) is 16.4. The molecule has 0 fully saturated rings. The third-order valence-electron chi connectivity index (χ3n) is 3.60. The van der Waals surface area contributed by atoms with E-state index < -0.39 is 5.25 Å². The van der Waals surface area contributed by atoms with E-state index in [0.29, 0.717) is 28.2 Å². The maximum atomic E-state index is 12.5. The lowest BCUT2D eigenvalue weighted by Gasteiger charge is -2.13. The number of nitrogens with zero attached hydrogens (tertiary/aromatic N) is 4. The topological polar surface area (TPSA) is 81.9 Å². The third kappa shape index (κ3) is 4.78. The van der Waals surface area contributed by atoms with Gasteiger partial charge in [0.2, 0.25) is 11.1 Å². The molecule has 0 aliphatic carbocycles. The van der Waals surface area contributed by atoms with Crippen molar-refractivity contribution in [3.63, 3.8) is 0 Å². The van der Waals surface area contributed by atoms with Gasteiger partial charge < -0.3 is 10.1 Å². The number of halogens is 1. The third-order valence-corrected chi connectivity index (χ3v) is 4.88. The van der Waals surface area contributed by atoms with E-state index >= 15 is 0 Å². The lowest BCUT2D eigenvalue weighted by molar-refractivity contribution is -0.115. The fraction of sp³-hybridized carbons (Fsp3) is 0.222. The van der Waals surface area contributed by atoms with Gasteiger partial charge in [0.25, 0.3) is 0 Å². The van der Waals surface area contributed by atoms with Crippen LogP contribution in [0.25, 0.3) is 5.69 Å². The summed E-state index contributed by atoms with van der Waals surface area (Å²) in [6.07, 6.45) is 0. The number of tetrazole rings is 1. The van der Waals surface area contributed by atoms with Gasteiger partial charge in [-0.25, -0.2) is 0 Å². The van der Waals surface area contributed by atoms with E-state index in [1.807, 2.05) is 31.2 Å². The highest BCUT2D eigenvalue weighted by molar-refractivity contribution is 8.00. The molecule has 9 heteroatoms. The van der Waals surface area contributed by atoms with E-state index in [-0.39, 0.29) is 5.91 Å². The zero-order chi connectivity index (χ0) is 19.2. The fourth-order valence-corrected chi connectivity index (χ4v) is 3.23. The van der Waals surface area contributed by atoms with Crippen LogP contribution in [-0.2, 0) is 4.79 Å².